The second kappa shape index (κ2) is 6.45. The first-order chi connectivity index (χ1) is 12.2. The number of para-hydroxylation sites is 1. The van der Waals surface area contributed by atoms with E-state index < -0.39 is 0 Å². The number of nitrogens with zero attached hydrogens (tertiary/aromatic N) is 2. The molecule has 130 valence electrons. The predicted molar refractivity (Wildman–Crippen MR) is 104 cm³/mol. The van der Waals surface area contributed by atoms with Gasteiger partial charge in [0.05, 0.1) is 11.4 Å². The molecule has 0 radical (unpaired) electrons. The fraction of sp³-hybridized carbons (Fsp3) is 0.333. The SMILES string of the molecule is CCC(C)N1Cc2ccccc2C2=C(c3ccccc31)N(CC)NN2. The molecule has 0 amide bonds. The number of rotatable bonds is 3. The lowest BCUT2D eigenvalue weighted by Gasteiger charge is -2.35. The van der Waals surface area contributed by atoms with Gasteiger partial charge in [0.25, 0.3) is 0 Å². The molecule has 2 aliphatic heterocycles. The van der Waals surface area contributed by atoms with Gasteiger partial charge in [-0.05, 0) is 31.9 Å². The Balaban J connectivity index is 2.01. The number of hydrogen-bond donors (Lipinski definition) is 2. The van der Waals surface area contributed by atoms with Crippen LogP contribution in [-0.2, 0) is 6.54 Å². The van der Waals surface area contributed by atoms with E-state index in [1.165, 1.54) is 33.8 Å². The summed E-state index contributed by atoms with van der Waals surface area (Å²) in [5.41, 5.74) is 14.4. The van der Waals surface area contributed by atoms with Gasteiger partial charge in [-0.15, -0.1) is 5.53 Å². The van der Waals surface area contributed by atoms with E-state index in [1.54, 1.807) is 0 Å². The lowest BCUT2D eigenvalue weighted by atomic mass is 9.95. The van der Waals surface area contributed by atoms with Crippen LogP contribution in [0.5, 0.6) is 0 Å². The van der Waals surface area contributed by atoms with Gasteiger partial charge in [-0.2, -0.15) is 0 Å². The molecular weight excluding hydrogens is 308 g/mol. The molecule has 25 heavy (non-hydrogen) atoms. The molecular formula is C21H26N4. The largest absolute Gasteiger partial charge is 0.364 e. The second-order valence-corrected chi connectivity index (χ2v) is 6.76. The van der Waals surface area contributed by atoms with Crippen LogP contribution in [0.4, 0.5) is 5.69 Å². The Labute approximate surface area is 150 Å². The molecule has 2 aromatic rings. The van der Waals surface area contributed by atoms with Crippen LogP contribution in [0.15, 0.2) is 48.5 Å². The molecule has 2 aromatic carbocycles. The second-order valence-electron chi connectivity index (χ2n) is 6.76. The summed E-state index contributed by atoms with van der Waals surface area (Å²) in [6, 6.07) is 18.0. The van der Waals surface area contributed by atoms with Gasteiger partial charge in [-0.3, -0.25) is 5.01 Å². The van der Waals surface area contributed by atoms with Gasteiger partial charge in [0.15, 0.2) is 0 Å². The van der Waals surface area contributed by atoms with Crippen molar-refractivity contribution in [2.45, 2.75) is 39.8 Å². The highest BCUT2D eigenvalue weighted by Gasteiger charge is 2.31. The van der Waals surface area contributed by atoms with Crippen LogP contribution in [0, 0.1) is 0 Å². The first-order valence-electron chi connectivity index (χ1n) is 9.22. The molecule has 0 saturated carbocycles. The molecule has 0 fully saturated rings. The molecule has 0 aliphatic carbocycles. The van der Waals surface area contributed by atoms with Crippen LogP contribution in [0.2, 0.25) is 0 Å². The van der Waals surface area contributed by atoms with E-state index in [1.807, 2.05) is 0 Å². The van der Waals surface area contributed by atoms with Gasteiger partial charge in [0.1, 0.15) is 0 Å². The number of anilines is 1. The third-order valence-electron chi connectivity index (χ3n) is 5.36. The summed E-state index contributed by atoms with van der Waals surface area (Å²) in [5, 5.41) is 2.20. The van der Waals surface area contributed by atoms with Crippen molar-refractivity contribution in [1.82, 2.24) is 16.0 Å². The van der Waals surface area contributed by atoms with Gasteiger partial charge in [0, 0.05) is 35.9 Å². The maximum absolute atomic E-state index is 3.42. The van der Waals surface area contributed by atoms with E-state index >= 15 is 0 Å². The summed E-state index contributed by atoms with van der Waals surface area (Å²) < 4.78 is 0. The summed E-state index contributed by atoms with van der Waals surface area (Å²) in [6.45, 7) is 8.57. The lowest BCUT2D eigenvalue weighted by Crippen LogP contribution is -2.37. The van der Waals surface area contributed by atoms with E-state index in [-0.39, 0.29) is 0 Å². The number of fused-ring (bicyclic) bond motifs is 4. The van der Waals surface area contributed by atoms with Crippen molar-refractivity contribution in [2.75, 3.05) is 11.4 Å². The number of hydrogen-bond acceptors (Lipinski definition) is 4. The maximum Gasteiger partial charge on any atom is 0.0882 e. The van der Waals surface area contributed by atoms with Crippen LogP contribution >= 0.6 is 0 Å². The van der Waals surface area contributed by atoms with Crippen LogP contribution in [0.3, 0.4) is 0 Å². The minimum atomic E-state index is 0.480. The van der Waals surface area contributed by atoms with Crippen molar-refractivity contribution < 1.29 is 0 Å². The summed E-state index contributed by atoms with van der Waals surface area (Å²) in [7, 11) is 0. The van der Waals surface area contributed by atoms with E-state index in [2.05, 4.69) is 90.2 Å². The number of benzene rings is 2. The molecule has 0 spiro atoms. The number of nitrogens with one attached hydrogen (secondary N) is 2. The molecule has 2 heterocycles. The average Bonchev–Trinajstić information content (AvgIpc) is 3.08. The van der Waals surface area contributed by atoms with Crippen molar-refractivity contribution in [3.63, 3.8) is 0 Å². The van der Waals surface area contributed by atoms with Crippen molar-refractivity contribution in [1.29, 1.82) is 0 Å². The highest BCUT2D eigenvalue weighted by molar-refractivity contribution is 5.95. The van der Waals surface area contributed by atoms with Crippen LogP contribution in [-0.4, -0.2) is 17.6 Å². The Morgan fingerprint density at radius 2 is 1.72 bits per heavy atom. The molecule has 1 unspecified atom stereocenters. The monoisotopic (exact) mass is 334 g/mol. The maximum atomic E-state index is 3.42. The van der Waals surface area contributed by atoms with Gasteiger partial charge in [0.2, 0.25) is 0 Å². The van der Waals surface area contributed by atoms with Crippen molar-refractivity contribution >= 4 is 17.1 Å². The molecule has 4 heteroatoms. The summed E-state index contributed by atoms with van der Waals surface area (Å²) in [5.74, 6) is 0. The van der Waals surface area contributed by atoms with E-state index in [9.17, 15) is 0 Å². The van der Waals surface area contributed by atoms with Gasteiger partial charge < -0.3 is 10.3 Å². The fourth-order valence-electron chi connectivity index (χ4n) is 3.79. The highest BCUT2D eigenvalue weighted by Crippen LogP contribution is 2.40. The molecule has 0 bridgehead atoms. The van der Waals surface area contributed by atoms with Gasteiger partial charge in [-0.25, -0.2) is 0 Å². The summed E-state index contributed by atoms with van der Waals surface area (Å²) in [6.07, 6.45) is 1.12. The zero-order valence-corrected chi connectivity index (χ0v) is 15.2. The van der Waals surface area contributed by atoms with E-state index in [0.29, 0.717) is 6.04 Å². The summed E-state index contributed by atoms with van der Waals surface area (Å²) >= 11 is 0. The Bertz CT molecular complexity index is 811. The minimum absolute atomic E-state index is 0.480. The van der Waals surface area contributed by atoms with Crippen LogP contribution < -0.4 is 15.9 Å². The quantitative estimate of drug-likeness (QED) is 0.889. The highest BCUT2D eigenvalue weighted by atomic mass is 15.7. The molecule has 0 saturated heterocycles. The zero-order valence-electron chi connectivity index (χ0n) is 15.2. The normalized spacial score (nSPS) is 17.2. The minimum Gasteiger partial charge on any atom is -0.364 e. The molecule has 0 aromatic heterocycles. The first-order valence-corrected chi connectivity index (χ1v) is 9.22. The van der Waals surface area contributed by atoms with E-state index in [4.69, 9.17) is 0 Å². The van der Waals surface area contributed by atoms with Crippen LogP contribution in [0.25, 0.3) is 11.4 Å². The third kappa shape index (κ3) is 2.57. The van der Waals surface area contributed by atoms with Gasteiger partial charge in [-0.1, -0.05) is 49.4 Å². The van der Waals surface area contributed by atoms with Crippen molar-refractivity contribution in [3.8, 4) is 0 Å². The molecule has 1 atom stereocenters. The zero-order chi connectivity index (χ0) is 17.4. The standard InChI is InChI=1S/C21H26N4/c1-4-15(3)24-14-16-10-6-7-11-17(16)20-21(25(5-2)23-22-20)18-12-8-9-13-19(18)24/h6-13,15,22-23H,4-5,14H2,1-3H3. The van der Waals surface area contributed by atoms with E-state index in [0.717, 1.165) is 19.5 Å². The van der Waals surface area contributed by atoms with Gasteiger partial charge >= 0.3 is 0 Å². The molecule has 4 rings (SSSR count). The van der Waals surface area contributed by atoms with Crippen molar-refractivity contribution in [2.24, 2.45) is 0 Å². The fourth-order valence-corrected chi connectivity index (χ4v) is 3.79. The topological polar surface area (TPSA) is 30.5 Å². The van der Waals surface area contributed by atoms with Crippen molar-refractivity contribution in [3.05, 3.63) is 65.2 Å². The molecule has 4 nitrogen and oxygen atoms in total. The Morgan fingerprint density at radius 1 is 1.00 bits per heavy atom. The average molecular weight is 334 g/mol. The first kappa shape index (κ1) is 16.0. The predicted octanol–water partition coefficient (Wildman–Crippen LogP) is 3.98. The summed E-state index contributed by atoms with van der Waals surface area (Å²) in [4.78, 5) is 2.55. The third-order valence-corrected chi connectivity index (χ3v) is 5.36. The number of hydrazine groups is 2. The smallest absolute Gasteiger partial charge is 0.0882 e. The Morgan fingerprint density at radius 3 is 2.48 bits per heavy atom. The lowest BCUT2D eigenvalue weighted by molar-refractivity contribution is 0.302. The Kier molecular flexibility index (Phi) is 4.14. The Hall–Kier alpha value is -2.46. The van der Waals surface area contributed by atoms with Crippen LogP contribution in [0.1, 0.15) is 43.9 Å². The molecule has 2 aliphatic rings. The molecule has 2 N–H and O–H groups in total.